The van der Waals surface area contributed by atoms with Gasteiger partial charge in [0.05, 0.1) is 18.8 Å². The summed E-state index contributed by atoms with van der Waals surface area (Å²) in [5.74, 6) is 0.427. The number of ether oxygens (including phenoxy) is 1. The lowest BCUT2D eigenvalue weighted by Crippen LogP contribution is -2.19. The van der Waals surface area contributed by atoms with E-state index in [2.05, 4.69) is 15.6 Å². The first-order chi connectivity index (χ1) is 13.0. The Bertz CT molecular complexity index is 897. The van der Waals surface area contributed by atoms with Crippen LogP contribution >= 0.6 is 11.3 Å². The van der Waals surface area contributed by atoms with Gasteiger partial charge in [-0.1, -0.05) is 12.1 Å². The van der Waals surface area contributed by atoms with Gasteiger partial charge >= 0.3 is 6.03 Å². The van der Waals surface area contributed by atoms with Crippen LogP contribution in [-0.2, 0) is 6.42 Å². The summed E-state index contributed by atoms with van der Waals surface area (Å²) in [7, 11) is 1.62. The number of benzene rings is 2. The van der Waals surface area contributed by atoms with Crippen molar-refractivity contribution in [2.45, 2.75) is 12.5 Å². The van der Waals surface area contributed by atoms with Crippen LogP contribution in [0.2, 0.25) is 0 Å². The maximum atomic E-state index is 12.9. The van der Waals surface area contributed by atoms with E-state index < -0.39 is 6.03 Å². The number of urea groups is 1. The van der Waals surface area contributed by atoms with Gasteiger partial charge in [-0.25, -0.2) is 14.2 Å². The van der Waals surface area contributed by atoms with Crippen LogP contribution in [0.5, 0.6) is 5.75 Å². The molecule has 1 aromatic heterocycles. The molecule has 2 amide bonds. The number of methoxy groups -OCH3 is 1. The van der Waals surface area contributed by atoms with E-state index in [4.69, 9.17) is 10.5 Å². The van der Waals surface area contributed by atoms with Crippen molar-refractivity contribution in [2.24, 2.45) is 5.73 Å². The average molecular weight is 386 g/mol. The van der Waals surface area contributed by atoms with Gasteiger partial charge < -0.3 is 15.8 Å². The smallest absolute Gasteiger partial charge is 0.325 e. The minimum atomic E-state index is -0.453. The fourth-order valence-corrected chi connectivity index (χ4v) is 3.20. The van der Waals surface area contributed by atoms with E-state index in [9.17, 15) is 9.18 Å². The van der Waals surface area contributed by atoms with E-state index in [1.54, 1.807) is 7.11 Å². The Kier molecular flexibility index (Phi) is 6.00. The molecule has 1 atom stereocenters. The first-order valence-corrected chi connectivity index (χ1v) is 9.09. The summed E-state index contributed by atoms with van der Waals surface area (Å²) in [5.41, 5.74) is 8.49. The zero-order chi connectivity index (χ0) is 19.2. The van der Waals surface area contributed by atoms with Gasteiger partial charge in [0.1, 0.15) is 11.6 Å². The Balaban J connectivity index is 1.56. The highest BCUT2D eigenvalue weighted by Crippen LogP contribution is 2.23. The molecule has 3 aromatic rings. The molecule has 0 saturated carbocycles. The monoisotopic (exact) mass is 386 g/mol. The third kappa shape index (κ3) is 5.25. The molecule has 6 nitrogen and oxygen atoms in total. The van der Waals surface area contributed by atoms with E-state index in [0.717, 1.165) is 11.3 Å². The number of carbonyl (C=O) groups excluding carboxylic acids is 1. The van der Waals surface area contributed by atoms with Crippen molar-refractivity contribution in [1.29, 1.82) is 0 Å². The topological polar surface area (TPSA) is 89.3 Å². The van der Waals surface area contributed by atoms with Gasteiger partial charge in [-0.3, -0.25) is 5.32 Å². The molecule has 140 valence electrons. The fourth-order valence-electron chi connectivity index (χ4n) is 2.43. The second kappa shape index (κ2) is 8.61. The highest BCUT2D eigenvalue weighted by atomic mass is 32.1. The summed E-state index contributed by atoms with van der Waals surface area (Å²) < 4.78 is 18.0. The number of rotatable bonds is 6. The number of carbonyl (C=O) groups is 1. The summed E-state index contributed by atoms with van der Waals surface area (Å²) in [4.78, 5) is 16.4. The number of halogens is 1. The minimum Gasteiger partial charge on any atom is -0.497 e. The molecular weight excluding hydrogens is 367 g/mol. The van der Waals surface area contributed by atoms with Gasteiger partial charge in [-0.2, -0.15) is 0 Å². The van der Waals surface area contributed by atoms with Gasteiger partial charge in [0.25, 0.3) is 0 Å². The average Bonchev–Trinajstić information content (AvgIpc) is 3.13. The largest absolute Gasteiger partial charge is 0.497 e. The molecule has 0 fully saturated rings. The van der Waals surface area contributed by atoms with E-state index in [1.165, 1.54) is 35.6 Å². The molecule has 0 saturated heterocycles. The Morgan fingerprint density at radius 2 is 1.89 bits per heavy atom. The van der Waals surface area contributed by atoms with Gasteiger partial charge in [0.2, 0.25) is 0 Å². The lowest BCUT2D eigenvalue weighted by atomic mass is 10.0. The number of nitrogens with zero attached hydrogens (tertiary/aromatic N) is 1. The van der Waals surface area contributed by atoms with E-state index in [0.29, 0.717) is 22.9 Å². The lowest BCUT2D eigenvalue weighted by molar-refractivity contribution is 0.262. The van der Waals surface area contributed by atoms with Crippen LogP contribution in [0.3, 0.4) is 0 Å². The molecule has 3 rings (SSSR count). The first kappa shape index (κ1) is 18.8. The molecule has 2 aromatic carbocycles. The first-order valence-electron chi connectivity index (χ1n) is 8.21. The zero-order valence-corrected chi connectivity index (χ0v) is 15.4. The van der Waals surface area contributed by atoms with Crippen molar-refractivity contribution in [3.05, 3.63) is 71.0 Å². The fraction of sp³-hybridized carbons (Fsp3) is 0.158. The predicted octanol–water partition coefficient (Wildman–Crippen LogP) is 4.18. The molecule has 0 radical (unpaired) electrons. The quantitative estimate of drug-likeness (QED) is 0.593. The van der Waals surface area contributed by atoms with Crippen LogP contribution < -0.4 is 21.1 Å². The second-order valence-electron chi connectivity index (χ2n) is 5.82. The van der Waals surface area contributed by atoms with Crippen molar-refractivity contribution in [3.63, 3.8) is 0 Å². The maximum absolute atomic E-state index is 12.9. The molecule has 0 bridgehead atoms. The van der Waals surface area contributed by atoms with Gasteiger partial charge in [0.15, 0.2) is 5.13 Å². The van der Waals surface area contributed by atoms with Crippen molar-refractivity contribution in [1.82, 2.24) is 4.98 Å². The van der Waals surface area contributed by atoms with Crippen molar-refractivity contribution in [3.8, 4) is 5.75 Å². The molecule has 0 aliphatic rings. The summed E-state index contributed by atoms with van der Waals surface area (Å²) in [5, 5.41) is 7.53. The molecule has 4 N–H and O–H groups in total. The Labute approximate surface area is 160 Å². The normalized spacial score (nSPS) is 11.7. The molecule has 1 unspecified atom stereocenters. The molecule has 0 aliphatic heterocycles. The van der Waals surface area contributed by atoms with Crippen molar-refractivity contribution < 1.29 is 13.9 Å². The molecule has 0 spiro atoms. The highest BCUT2D eigenvalue weighted by molar-refractivity contribution is 7.13. The van der Waals surface area contributed by atoms with Crippen LogP contribution in [0, 0.1) is 5.82 Å². The van der Waals surface area contributed by atoms with Gasteiger partial charge in [-0.05, 0) is 48.4 Å². The predicted molar refractivity (Wildman–Crippen MR) is 105 cm³/mol. The third-order valence-corrected chi connectivity index (χ3v) is 4.62. The van der Waals surface area contributed by atoms with E-state index >= 15 is 0 Å². The number of amides is 2. The van der Waals surface area contributed by atoms with Crippen LogP contribution in [0.4, 0.5) is 20.0 Å². The Morgan fingerprint density at radius 3 is 2.56 bits per heavy atom. The van der Waals surface area contributed by atoms with Gasteiger partial charge in [-0.15, -0.1) is 11.3 Å². The third-order valence-electron chi connectivity index (χ3n) is 3.84. The number of anilines is 2. The number of nitrogens with two attached hydrogens (primary N) is 1. The second-order valence-corrected chi connectivity index (χ2v) is 6.68. The van der Waals surface area contributed by atoms with Crippen LogP contribution in [0.25, 0.3) is 0 Å². The summed E-state index contributed by atoms with van der Waals surface area (Å²) in [6.07, 6.45) is 0.620. The number of hydrogen-bond donors (Lipinski definition) is 3. The molecule has 0 aliphatic carbocycles. The standard InChI is InChI=1S/C19H19FN4O2S/c1-26-15-8-2-12(3-9-15)10-16(21)17-11-27-19(23-17)24-18(25)22-14-6-4-13(20)5-7-14/h2-9,11,16H,10,21H2,1H3,(H2,22,23,24,25). The summed E-state index contributed by atoms with van der Waals surface area (Å²) >= 11 is 1.29. The molecular formula is C19H19FN4O2S. The lowest BCUT2D eigenvalue weighted by Gasteiger charge is -2.09. The Morgan fingerprint density at radius 1 is 1.19 bits per heavy atom. The van der Waals surface area contributed by atoms with Crippen LogP contribution in [0.15, 0.2) is 53.9 Å². The summed E-state index contributed by atoms with van der Waals surface area (Å²) in [6.45, 7) is 0. The van der Waals surface area contributed by atoms with Crippen LogP contribution in [0.1, 0.15) is 17.3 Å². The molecule has 27 heavy (non-hydrogen) atoms. The van der Waals surface area contributed by atoms with Crippen LogP contribution in [-0.4, -0.2) is 18.1 Å². The number of nitrogens with one attached hydrogen (secondary N) is 2. The number of thiazole rings is 1. The van der Waals surface area contributed by atoms with E-state index in [1.807, 2.05) is 29.6 Å². The minimum absolute atomic E-state index is 0.287. The van der Waals surface area contributed by atoms with Crippen molar-refractivity contribution in [2.75, 3.05) is 17.7 Å². The zero-order valence-electron chi connectivity index (χ0n) is 14.6. The number of aromatic nitrogens is 1. The SMILES string of the molecule is COc1ccc(CC(N)c2csc(NC(=O)Nc3ccc(F)cc3)n2)cc1. The number of hydrogen-bond acceptors (Lipinski definition) is 5. The maximum Gasteiger partial charge on any atom is 0.325 e. The van der Waals surface area contributed by atoms with E-state index in [-0.39, 0.29) is 11.9 Å². The molecule has 1 heterocycles. The summed E-state index contributed by atoms with van der Waals surface area (Å²) in [6, 6.07) is 12.5. The molecule has 8 heteroatoms. The highest BCUT2D eigenvalue weighted by Gasteiger charge is 2.13. The van der Waals surface area contributed by atoms with Crippen molar-refractivity contribution >= 4 is 28.2 Å². The van der Waals surface area contributed by atoms with Gasteiger partial charge in [0, 0.05) is 11.1 Å². The Hall–Kier alpha value is -2.97.